The Hall–Kier alpha value is -2.85. The van der Waals surface area contributed by atoms with Crippen LogP contribution in [0.1, 0.15) is 22.5 Å². The van der Waals surface area contributed by atoms with E-state index in [1.807, 2.05) is 24.5 Å². The third-order valence-electron chi connectivity index (χ3n) is 5.31. The number of imide groups is 1. The summed E-state index contributed by atoms with van der Waals surface area (Å²) in [7, 11) is -3.78. The molecule has 7 nitrogen and oxygen atoms in total. The van der Waals surface area contributed by atoms with Crippen LogP contribution in [0.3, 0.4) is 0 Å². The summed E-state index contributed by atoms with van der Waals surface area (Å²) in [6.45, 7) is 3.98. The van der Waals surface area contributed by atoms with Gasteiger partial charge in [-0.15, -0.1) is 0 Å². The van der Waals surface area contributed by atoms with E-state index in [2.05, 4.69) is 0 Å². The SMILES string of the molecule is Cc1cc(/C=C2/SC(=O)N(Cc3ccc(Cl)cc3)C2=O)c(C)n1-c1ccc(S(N)(=O)=O)cc1. The van der Waals surface area contributed by atoms with E-state index in [0.717, 1.165) is 40.0 Å². The smallest absolute Gasteiger partial charge is 0.293 e. The molecular weight excluding hydrogens is 482 g/mol. The molecule has 0 saturated carbocycles. The van der Waals surface area contributed by atoms with Gasteiger partial charge in [0.25, 0.3) is 11.1 Å². The number of primary sulfonamides is 1. The summed E-state index contributed by atoms with van der Waals surface area (Å²) < 4.78 is 25.0. The number of hydrogen-bond donors (Lipinski definition) is 1. The van der Waals surface area contributed by atoms with E-state index in [-0.39, 0.29) is 22.6 Å². The first-order valence-corrected chi connectivity index (χ1v) is 12.6. The fourth-order valence-corrected chi connectivity index (χ4v) is 5.14. The molecule has 0 aliphatic carbocycles. The van der Waals surface area contributed by atoms with Gasteiger partial charge in [-0.3, -0.25) is 14.5 Å². The Labute approximate surface area is 200 Å². The minimum absolute atomic E-state index is 0.0308. The van der Waals surface area contributed by atoms with Gasteiger partial charge in [0, 0.05) is 22.1 Å². The molecule has 1 saturated heterocycles. The van der Waals surface area contributed by atoms with Crippen molar-refractivity contribution >= 4 is 50.6 Å². The number of thioether (sulfide) groups is 1. The van der Waals surface area contributed by atoms with E-state index < -0.39 is 10.0 Å². The number of aromatic nitrogens is 1. The number of rotatable bonds is 5. The summed E-state index contributed by atoms with van der Waals surface area (Å²) >= 11 is 6.81. The van der Waals surface area contributed by atoms with E-state index in [0.29, 0.717) is 9.93 Å². The number of sulfonamides is 1. The lowest BCUT2D eigenvalue weighted by Gasteiger charge is -2.12. The second-order valence-corrected chi connectivity index (χ2v) is 10.6. The van der Waals surface area contributed by atoms with Gasteiger partial charge in [0.2, 0.25) is 10.0 Å². The average molecular weight is 502 g/mol. The number of hydrogen-bond acceptors (Lipinski definition) is 5. The number of benzene rings is 2. The van der Waals surface area contributed by atoms with Gasteiger partial charge < -0.3 is 4.57 Å². The number of amides is 2. The van der Waals surface area contributed by atoms with Crippen LogP contribution in [0.15, 0.2) is 64.4 Å². The van der Waals surface area contributed by atoms with Gasteiger partial charge in [-0.1, -0.05) is 23.7 Å². The molecular formula is C23H20ClN3O4S2. The summed E-state index contributed by atoms with van der Waals surface area (Å²) in [5, 5.41) is 5.44. The first kappa shape index (κ1) is 23.3. The zero-order valence-electron chi connectivity index (χ0n) is 17.8. The van der Waals surface area contributed by atoms with Crippen LogP contribution < -0.4 is 5.14 Å². The highest BCUT2D eigenvalue weighted by molar-refractivity contribution is 8.18. The molecule has 2 aromatic carbocycles. The monoisotopic (exact) mass is 501 g/mol. The summed E-state index contributed by atoms with van der Waals surface area (Å²) in [5.74, 6) is -0.345. The van der Waals surface area contributed by atoms with Crippen LogP contribution in [0.5, 0.6) is 0 Å². The molecule has 2 N–H and O–H groups in total. The zero-order chi connectivity index (χ0) is 23.9. The third-order valence-corrected chi connectivity index (χ3v) is 7.40. The van der Waals surface area contributed by atoms with Gasteiger partial charge in [-0.25, -0.2) is 13.6 Å². The Morgan fingerprint density at radius 3 is 2.27 bits per heavy atom. The Morgan fingerprint density at radius 2 is 1.67 bits per heavy atom. The second kappa shape index (κ2) is 8.83. The maximum Gasteiger partial charge on any atom is 0.293 e. The highest BCUT2D eigenvalue weighted by Crippen LogP contribution is 2.34. The van der Waals surface area contributed by atoms with Crippen molar-refractivity contribution in [3.63, 3.8) is 0 Å². The van der Waals surface area contributed by atoms with Crippen LogP contribution in [-0.2, 0) is 21.4 Å². The predicted octanol–water partition coefficient (Wildman–Crippen LogP) is 4.63. The van der Waals surface area contributed by atoms with Gasteiger partial charge in [-0.2, -0.15) is 0 Å². The van der Waals surface area contributed by atoms with Crippen molar-refractivity contribution in [3.05, 3.63) is 87.0 Å². The fraction of sp³-hybridized carbons (Fsp3) is 0.130. The van der Waals surface area contributed by atoms with Crippen molar-refractivity contribution in [1.29, 1.82) is 0 Å². The van der Waals surface area contributed by atoms with Gasteiger partial charge >= 0.3 is 0 Å². The lowest BCUT2D eigenvalue weighted by Crippen LogP contribution is -2.27. The second-order valence-electron chi connectivity index (χ2n) is 7.60. The Balaban J connectivity index is 1.61. The van der Waals surface area contributed by atoms with Crippen molar-refractivity contribution in [2.24, 2.45) is 5.14 Å². The first-order chi connectivity index (χ1) is 15.5. The maximum atomic E-state index is 12.9. The van der Waals surface area contributed by atoms with Crippen LogP contribution in [0, 0.1) is 13.8 Å². The molecule has 170 valence electrons. The topological polar surface area (TPSA) is 102 Å². The normalized spacial score (nSPS) is 15.6. The zero-order valence-corrected chi connectivity index (χ0v) is 20.2. The number of nitrogens with zero attached hydrogens (tertiary/aromatic N) is 2. The maximum absolute atomic E-state index is 12.9. The summed E-state index contributed by atoms with van der Waals surface area (Å²) in [5.41, 5.74) is 4.10. The summed E-state index contributed by atoms with van der Waals surface area (Å²) in [6, 6.07) is 15.2. The van der Waals surface area contributed by atoms with E-state index in [4.69, 9.17) is 16.7 Å². The predicted molar refractivity (Wildman–Crippen MR) is 130 cm³/mol. The van der Waals surface area contributed by atoms with E-state index in [1.54, 1.807) is 42.5 Å². The molecule has 1 fully saturated rings. The molecule has 33 heavy (non-hydrogen) atoms. The quantitative estimate of drug-likeness (QED) is 0.513. The van der Waals surface area contributed by atoms with E-state index >= 15 is 0 Å². The van der Waals surface area contributed by atoms with Crippen LogP contribution in [0.4, 0.5) is 4.79 Å². The molecule has 1 aliphatic rings. The van der Waals surface area contributed by atoms with Crippen molar-refractivity contribution in [1.82, 2.24) is 9.47 Å². The molecule has 10 heteroatoms. The van der Waals surface area contributed by atoms with Crippen molar-refractivity contribution < 1.29 is 18.0 Å². The van der Waals surface area contributed by atoms with Crippen LogP contribution in [-0.4, -0.2) is 29.0 Å². The fourth-order valence-electron chi connectivity index (χ4n) is 3.67. The lowest BCUT2D eigenvalue weighted by molar-refractivity contribution is -0.123. The highest BCUT2D eigenvalue weighted by atomic mass is 35.5. The first-order valence-electron chi connectivity index (χ1n) is 9.86. The minimum atomic E-state index is -3.78. The number of aryl methyl sites for hydroxylation is 1. The molecule has 0 spiro atoms. The van der Waals surface area contributed by atoms with Crippen molar-refractivity contribution in [2.75, 3.05) is 0 Å². The van der Waals surface area contributed by atoms with Gasteiger partial charge in [-0.05, 0) is 85.3 Å². The lowest BCUT2D eigenvalue weighted by atomic mass is 10.2. The van der Waals surface area contributed by atoms with Crippen molar-refractivity contribution in [3.8, 4) is 5.69 Å². The van der Waals surface area contributed by atoms with Crippen LogP contribution in [0.25, 0.3) is 11.8 Å². The van der Waals surface area contributed by atoms with E-state index in [9.17, 15) is 18.0 Å². The molecule has 1 aromatic heterocycles. The molecule has 0 atom stereocenters. The molecule has 0 unspecified atom stereocenters. The van der Waals surface area contributed by atoms with Crippen LogP contribution in [0.2, 0.25) is 5.02 Å². The number of nitrogens with two attached hydrogens (primary N) is 1. The number of carbonyl (C=O) groups is 2. The Morgan fingerprint density at radius 1 is 1.03 bits per heavy atom. The van der Waals surface area contributed by atoms with Crippen molar-refractivity contribution in [2.45, 2.75) is 25.3 Å². The highest BCUT2D eigenvalue weighted by Gasteiger charge is 2.35. The Kier molecular flexibility index (Phi) is 6.24. The molecule has 0 bridgehead atoms. The van der Waals surface area contributed by atoms with Gasteiger partial charge in [0.05, 0.1) is 16.3 Å². The number of carbonyl (C=O) groups excluding carboxylic acids is 2. The molecule has 2 heterocycles. The third kappa shape index (κ3) is 4.77. The summed E-state index contributed by atoms with van der Waals surface area (Å²) in [4.78, 5) is 27.0. The minimum Gasteiger partial charge on any atom is -0.318 e. The standard InChI is InChI=1S/C23H20ClN3O4S2/c1-14-11-17(15(2)27(14)19-7-9-20(10-8-19)33(25,30)31)12-21-22(28)26(23(29)32-21)13-16-3-5-18(24)6-4-16/h3-12H,13H2,1-2H3,(H2,25,30,31)/b21-12+. The van der Waals surface area contributed by atoms with Gasteiger partial charge in [0.1, 0.15) is 0 Å². The number of halogens is 1. The molecule has 0 radical (unpaired) electrons. The molecule has 3 aromatic rings. The summed E-state index contributed by atoms with van der Waals surface area (Å²) in [6.07, 6.45) is 1.71. The van der Waals surface area contributed by atoms with E-state index in [1.165, 1.54) is 17.0 Å². The van der Waals surface area contributed by atoms with Crippen LogP contribution >= 0.6 is 23.4 Å². The molecule has 1 aliphatic heterocycles. The molecule has 2 amide bonds. The van der Waals surface area contributed by atoms with Gasteiger partial charge in [0.15, 0.2) is 0 Å². The Bertz CT molecular complexity index is 1390. The molecule has 4 rings (SSSR count). The largest absolute Gasteiger partial charge is 0.318 e. The average Bonchev–Trinajstić information content (AvgIpc) is 3.18.